The molecule has 2 amide bonds. The lowest BCUT2D eigenvalue weighted by atomic mass is 10.3. The lowest BCUT2D eigenvalue weighted by molar-refractivity contribution is 0.236. The van der Waals surface area contributed by atoms with Gasteiger partial charge in [-0.1, -0.05) is 12.1 Å². The van der Waals surface area contributed by atoms with Crippen LogP contribution in [0.1, 0.15) is 5.56 Å². The van der Waals surface area contributed by atoms with E-state index in [1.54, 1.807) is 24.5 Å². The Hall–Kier alpha value is -2.63. The van der Waals surface area contributed by atoms with Gasteiger partial charge in [0.15, 0.2) is 0 Å². The number of carbonyl (C=O) groups is 1. The minimum absolute atomic E-state index is 0.268. The number of rotatable bonds is 6. The normalized spacial score (nSPS) is 9.95. The highest BCUT2D eigenvalue weighted by Crippen LogP contribution is 2.11. The number of benzene rings is 1. The summed E-state index contributed by atoms with van der Waals surface area (Å²) in [6.07, 6.45) is 3.36. The van der Waals surface area contributed by atoms with Crippen LogP contribution in [-0.4, -0.2) is 24.2 Å². The molecule has 6 heteroatoms. The molecular weight excluding hydrogens is 273 g/mol. The summed E-state index contributed by atoms with van der Waals surface area (Å²) >= 11 is 0. The fraction of sp³-hybridized carbons (Fsp3) is 0.200. The Bertz CT molecular complexity index is 578. The Morgan fingerprint density at radius 1 is 1.24 bits per heavy atom. The molecular formula is C15H16FN3O2. The van der Waals surface area contributed by atoms with Crippen molar-refractivity contribution in [3.63, 3.8) is 0 Å². The zero-order valence-corrected chi connectivity index (χ0v) is 11.4. The maximum absolute atomic E-state index is 12.9. The molecule has 0 saturated carbocycles. The van der Waals surface area contributed by atoms with Gasteiger partial charge in [0.25, 0.3) is 0 Å². The molecule has 21 heavy (non-hydrogen) atoms. The van der Waals surface area contributed by atoms with Gasteiger partial charge in [0.1, 0.15) is 18.2 Å². The van der Waals surface area contributed by atoms with Crippen molar-refractivity contribution in [2.75, 3.05) is 13.2 Å². The van der Waals surface area contributed by atoms with Gasteiger partial charge in [0.2, 0.25) is 0 Å². The number of aromatic nitrogens is 1. The van der Waals surface area contributed by atoms with Crippen LogP contribution in [0.15, 0.2) is 48.8 Å². The van der Waals surface area contributed by atoms with E-state index in [9.17, 15) is 9.18 Å². The van der Waals surface area contributed by atoms with E-state index in [1.165, 1.54) is 12.1 Å². The first kappa shape index (κ1) is 14.8. The highest BCUT2D eigenvalue weighted by molar-refractivity contribution is 5.73. The van der Waals surface area contributed by atoms with Crippen LogP contribution in [0.25, 0.3) is 0 Å². The van der Waals surface area contributed by atoms with Crippen molar-refractivity contribution in [2.45, 2.75) is 6.54 Å². The van der Waals surface area contributed by atoms with E-state index in [0.29, 0.717) is 18.8 Å². The summed E-state index contributed by atoms with van der Waals surface area (Å²) in [6.45, 7) is 1.00. The van der Waals surface area contributed by atoms with Crippen molar-refractivity contribution in [1.29, 1.82) is 0 Å². The minimum atomic E-state index is -0.352. The first-order valence-corrected chi connectivity index (χ1v) is 6.53. The molecule has 0 aliphatic rings. The van der Waals surface area contributed by atoms with Crippen molar-refractivity contribution < 1.29 is 13.9 Å². The number of halogens is 1. The first-order chi connectivity index (χ1) is 10.2. The Morgan fingerprint density at radius 3 is 2.90 bits per heavy atom. The quantitative estimate of drug-likeness (QED) is 0.800. The van der Waals surface area contributed by atoms with Gasteiger partial charge >= 0.3 is 6.03 Å². The third kappa shape index (κ3) is 5.48. The van der Waals surface area contributed by atoms with Crippen molar-refractivity contribution in [3.8, 4) is 5.75 Å². The van der Waals surface area contributed by atoms with Gasteiger partial charge in [-0.05, 0) is 23.8 Å². The number of nitrogens with zero attached hydrogens (tertiary/aromatic N) is 1. The monoisotopic (exact) mass is 289 g/mol. The summed E-state index contributed by atoms with van der Waals surface area (Å²) in [5, 5.41) is 5.35. The molecule has 1 aromatic heterocycles. The summed E-state index contributed by atoms with van der Waals surface area (Å²) in [5.74, 6) is 0.0854. The molecule has 0 radical (unpaired) electrons. The summed E-state index contributed by atoms with van der Waals surface area (Å²) in [7, 11) is 0. The van der Waals surface area contributed by atoms with E-state index in [2.05, 4.69) is 15.6 Å². The molecule has 0 aliphatic heterocycles. The van der Waals surface area contributed by atoms with E-state index >= 15 is 0 Å². The molecule has 0 atom stereocenters. The lowest BCUT2D eigenvalue weighted by Gasteiger charge is -2.09. The van der Waals surface area contributed by atoms with Gasteiger partial charge < -0.3 is 15.4 Å². The number of amides is 2. The highest BCUT2D eigenvalue weighted by atomic mass is 19.1. The van der Waals surface area contributed by atoms with Crippen molar-refractivity contribution in [3.05, 3.63) is 60.2 Å². The number of ether oxygens (including phenoxy) is 1. The average Bonchev–Trinajstić information content (AvgIpc) is 2.51. The summed E-state index contributed by atoms with van der Waals surface area (Å²) in [5.41, 5.74) is 0.920. The van der Waals surface area contributed by atoms with Gasteiger partial charge in [-0.25, -0.2) is 9.18 Å². The number of hydrogen-bond donors (Lipinski definition) is 2. The molecule has 110 valence electrons. The molecule has 0 bridgehead atoms. The van der Waals surface area contributed by atoms with Crippen molar-refractivity contribution in [1.82, 2.24) is 15.6 Å². The Labute approximate surface area is 122 Å². The summed E-state index contributed by atoms with van der Waals surface area (Å²) in [6, 6.07) is 9.26. The molecule has 0 saturated heterocycles. The van der Waals surface area contributed by atoms with Crippen LogP contribution < -0.4 is 15.4 Å². The van der Waals surface area contributed by atoms with Crippen LogP contribution in [0.5, 0.6) is 5.75 Å². The van der Waals surface area contributed by atoms with Gasteiger partial charge in [0, 0.05) is 25.0 Å². The van der Waals surface area contributed by atoms with Crippen LogP contribution in [0.2, 0.25) is 0 Å². The van der Waals surface area contributed by atoms with Gasteiger partial charge in [-0.15, -0.1) is 0 Å². The van der Waals surface area contributed by atoms with Crippen molar-refractivity contribution >= 4 is 6.03 Å². The molecule has 2 N–H and O–H groups in total. The second kappa shape index (κ2) is 7.84. The Kier molecular flexibility index (Phi) is 5.51. The lowest BCUT2D eigenvalue weighted by Crippen LogP contribution is -2.37. The molecule has 5 nitrogen and oxygen atoms in total. The maximum atomic E-state index is 12.9. The SMILES string of the molecule is O=C(NCCOc1cccc(F)c1)NCc1cccnc1. The van der Waals surface area contributed by atoms with Crippen LogP contribution in [0, 0.1) is 5.82 Å². The van der Waals surface area contributed by atoms with E-state index in [-0.39, 0.29) is 18.5 Å². The summed E-state index contributed by atoms with van der Waals surface area (Å²) < 4.78 is 18.2. The van der Waals surface area contributed by atoms with Crippen LogP contribution in [0.3, 0.4) is 0 Å². The van der Waals surface area contributed by atoms with Gasteiger partial charge in [-0.2, -0.15) is 0 Å². The molecule has 0 fully saturated rings. The number of urea groups is 1. The Morgan fingerprint density at radius 2 is 2.14 bits per heavy atom. The van der Waals surface area contributed by atoms with Gasteiger partial charge in [-0.3, -0.25) is 4.98 Å². The Balaban J connectivity index is 1.61. The molecule has 1 aromatic carbocycles. The van der Waals surface area contributed by atoms with Crippen LogP contribution >= 0.6 is 0 Å². The molecule has 0 spiro atoms. The smallest absolute Gasteiger partial charge is 0.315 e. The van der Waals surface area contributed by atoms with Crippen molar-refractivity contribution in [2.24, 2.45) is 0 Å². The standard InChI is InChI=1S/C15H16FN3O2/c16-13-4-1-5-14(9-13)21-8-7-18-15(20)19-11-12-3-2-6-17-10-12/h1-6,9-10H,7-8,11H2,(H2,18,19,20). The molecule has 2 rings (SSSR count). The fourth-order valence-corrected chi connectivity index (χ4v) is 1.64. The zero-order chi connectivity index (χ0) is 14.9. The van der Waals surface area contributed by atoms with Gasteiger partial charge in [0.05, 0.1) is 6.54 Å². The number of nitrogens with one attached hydrogen (secondary N) is 2. The molecule has 2 aromatic rings. The third-order valence-corrected chi connectivity index (χ3v) is 2.63. The van der Waals surface area contributed by atoms with E-state index in [0.717, 1.165) is 5.56 Å². The topological polar surface area (TPSA) is 63.2 Å². The highest BCUT2D eigenvalue weighted by Gasteiger charge is 2.00. The first-order valence-electron chi connectivity index (χ1n) is 6.53. The van der Waals surface area contributed by atoms with Crippen LogP contribution in [0.4, 0.5) is 9.18 Å². The summed E-state index contributed by atoms with van der Waals surface area (Å²) in [4.78, 5) is 15.5. The largest absolute Gasteiger partial charge is 0.492 e. The van der Waals surface area contributed by atoms with E-state index in [1.807, 2.05) is 12.1 Å². The van der Waals surface area contributed by atoms with Crippen LogP contribution in [-0.2, 0) is 6.54 Å². The molecule has 0 aliphatic carbocycles. The molecule has 1 heterocycles. The third-order valence-electron chi connectivity index (χ3n) is 2.63. The van der Waals surface area contributed by atoms with E-state index < -0.39 is 0 Å². The predicted octanol–water partition coefficient (Wildman–Crippen LogP) is 2.10. The average molecular weight is 289 g/mol. The number of pyridine rings is 1. The van der Waals surface area contributed by atoms with E-state index in [4.69, 9.17) is 4.74 Å². The zero-order valence-electron chi connectivity index (χ0n) is 11.4. The second-order valence-electron chi connectivity index (χ2n) is 4.28. The molecule has 0 unspecified atom stereocenters. The number of carbonyl (C=O) groups excluding carboxylic acids is 1. The fourth-order valence-electron chi connectivity index (χ4n) is 1.64. The number of hydrogen-bond acceptors (Lipinski definition) is 3. The predicted molar refractivity (Wildman–Crippen MR) is 76.4 cm³/mol. The second-order valence-corrected chi connectivity index (χ2v) is 4.28. The maximum Gasteiger partial charge on any atom is 0.315 e. The minimum Gasteiger partial charge on any atom is -0.492 e.